The molecule has 7 heteroatoms. The fraction of sp³-hybridized carbons (Fsp3) is 0.381. The van der Waals surface area contributed by atoms with Gasteiger partial charge in [0.1, 0.15) is 0 Å². The van der Waals surface area contributed by atoms with Gasteiger partial charge in [0.05, 0.1) is 11.9 Å². The summed E-state index contributed by atoms with van der Waals surface area (Å²) in [6.07, 6.45) is 3.89. The molecule has 0 heterocycles. The third-order valence-corrected chi connectivity index (χ3v) is 6.40. The van der Waals surface area contributed by atoms with Crippen LogP contribution in [0.1, 0.15) is 31.2 Å². The Morgan fingerprint density at radius 2 is 1.86 bits per heavy atom. The van der Waals surface area contributed by atoms with Crippen molar-refractivity contribution < 1.29 is 13.2 Å². The second-order valence-electron chi connectivity index (χ2n) is 6.76. The molecule has 0 aliphatic carbocycles. The van der Waals surface area contributed by atoms with E-state index in [1.165, 1.54) is 16.1 Å². The summed E-state index contributed by atoms with van der Waals surface area (Å²) >= 11 is 1.56. The van der Waals surface area contributed by atoms with Crippen molar-refractivity contribution in [3.8, 4) is 0 Å². The van der Waals surface area contributed by atoms with Crippen molar-refractivity contribution in [2.75, 3.05) is 29.9 Å². The van der Waals surface area contributed by atoms with Gasteiger partial charge in [-0.3, -0.25) is 9.10 Å². The molecule has 0 aliphatic rings. The maximum atomic E-state index is 12.2. The molecule has 0 radical (unpaired) electrons. The minimum Gasteiger partial charge on any atom is -0.356 e. The Bertz CT molecular complexity index is 870. The van der Waals surface area contributed by atoms with Gasteiger partial charge in [0.2, 0.25) is 15.9 Å². The molecule has 0 fully saturated rings. The highest BCUT2D eigenvalue weighted by Gasteiger charge is 2.18. The molecule has 0 aliphatic heterocycles. The molecule has 1 N–H and O–H groups in total. The minimum absolute atomic E-state index is 0.0610. The van der Waals surface area contributed by atoms with Gasteiger partial charge < -0.3 is 5.32 Å². The van der Waals surface area contributed by atoms with Crippen molar-refractivity contribution in [3.05, 3.63) is 60.2 Å². The van der Waals surface area contributed by atoms with Crippen molar-refractivity contribution in [2.45, 2.75) is 30.6 Å². The highest BCUT2D eigenvalue weighted by atomic mass is 32.2. The van der Waals surface area contributed by atoms with E-state index in [-0.39, 0.29) is 24.8 Å². The summed E-state index contributed by atoms with van der Waals surface area (Å²) in [5.41, 5.74) is 1.81. The van der Waals surface area contributed by atoms with Crippen LogP contribution in [0.5, 0.6) is 0 Å². The Morgan fingerprint density at radius 1 is 1.14 bits per heavy atom. The normalized spacial score (nSPS) is 12.4. The lowest BCUT2D eigenvalue weighted by Crippen LogP contribution is -2.32. The maximum Gasteiger partial charge on any atom is 0.232 e. The number of rotatable bonds is 10. The monoisotopic (exact) mass is 420 g/mol. The van der Waals surface area contributed by atoms with Crippen LogP contribution in [0.15, 0.2) is 59.5 Å². The average molecular weight is 421 g/mol. The number of nitrogens with one attached hydrogen (secondary N) is 1. The van der Waals surface area contributed by atoms with Gasteiger partial charge in [0, 0.05) is 24.4 Å². The van der Waals surface area contributed by atoms with Crippen LogP contribution in [0.3, 0.4) is 0 Å². The molecule has 2 aromatic carbocycles. The summed E-state index contributed by atoms with van der Waals surface area (Å²) in [6.45, 7) is 2.91. The predicted molar refractivity (Wildman–Crippen MR) is 118 cm³/mol. The quantitative estimate of drug-likeness (QED) is 0.593. The largest absolute Gasteiger partial charge is 0.356 e. The van der Waals surface area contributed by atoms with Crippen LogP contribution < -0.4 is 9.62 Å². The molecule has 152 valence electrons. The fourth-order valence-electron chi connectivity index (χ4n) is 2.89. The standard InChI is InChI=1S/C21H28N2O3S2/c1-17(18-9-5-4-6-10-18)16-22-21(24)13-8-14-23(28(3,25)26)19-11-7-12-20(15-19)27-2/h4-7,9-12,15,17H,8,13-14,16H2,1-3H3,(H,22,24). The summed E-state index contributed by atoms with van der Waals surface area (Å²) in [7, 11) is -3.41. The van der Waals surface area contributed by atoms with Crippen LogP contribution in [0.25, 0.3) is 0 Å². The first-order valence-corrected chi connectivity index (χ1v) is 12.3. The van der Waals surface area contributed by atoms with Crippen LogP contribution in [-0.4, -0.2) is 39.9 Å². The molecular formula is C21H28N2O3S2. The van der Waals surface area contributed by atoms with Gasteiger partial charge in [-0.15, -0.1) is 11.8 Å². The molecule has 28 heavy (non-hydrogen) atoms. The number of nitrogens with zero attached hydrogens (tertiary/aromatic N) is 1. The zero-order valence-corrected chi connectivity index (χ0v) is 18.2. The molecular weight excluding hydrogens is 392 g/mol. The Labute approximate surface area is 172 Å². The second-order valence-corrected chi connectivity index (χ2v) is 9.54. The van der Waals surface area contributed by atoms with Gasteiger partial charge in [0.15, 0.2) is 0 Å². The lowest BCUT2D eigenvalue weighted by Gasteiger charge is -2.23. The van der Waals surface area contributed by atoms with Gasteiger partial charge >= 0.3 is 0 Å². The van der Waals surface area contributed by atoms with Crippen molar-refractivity contribution in [3.63, 3.8) is 0 Å². The molecule has 1 amide bonds. The van der Waals surface area contributed by atoms with Crippen molar-refractivity contribution >= 4 is 33.4 Å². The van der Waals surface area contributed by atoms with Crippen LogP contribution in [-0.2, 0) is 14.8 Å². The van der Waals surface area contributed by atoms with Crippen molar-refractivity contribution in [2.24, 2.45) is 0 Å². The highest BCUT2D eigenvalue weighted by Crippen LogP contribution is 2.24. The van der Waals surface area contributed by atoms with E-state index in [0.717, 1.165) is 4.90 Å². The van der Waals surface area contributed by atoms with Crippen LogP contribution in [0, 0.1) is 0 Å². The number of sulfonamides is 1. The van der Waals surface area contributed by atoms with Crippen LogP contribution in [0.2, 0.25) is 0 Å². The van der Waals surface area contributed by atoms with E-state index < -0.39 is 10.0 Å². The first-order valence-electron chi connectivity index (χ1n) is 9.24. The zero-order valence-electron chi connectivity index (χ0n) is 16.6. The van der Waals surface area contributed by atoms with Crippen molar-refractivity contribution in [1.29, 1.82) is 0 Å². The molecule has 0 spiro atoms. The Hall–Kier alpha value is -1.99. The summed E-state index contributed by atoms with van der Waals surface area (Å²) in [6, 6.07) is 17.5. The number of benzene rings is 2. The van der Waals surface area contributed by atoms with Gasteiger partial charge in [-0.05, 0) is 42.4 Å². The second kappa shape index (κ2) is 10.5. The number of anilines is 1. The Kier molecular flexibility index (Phi) is 8.38. The number of thioether (sulfide) groups is 1. The molecule has 0 bridgehead atoms. The first kappa shape index (κ1) is 22.3. The minimum atomic E-state index is -3.41. The van der Waals surface area contributed by atoms with Gasteiger partial charge in [0.25, 0.3) is 0 Å². The number of carbonyl (C=O) groups is 1. The fourth-order valence-corrected chi connectivity index (χ4v) is 4.30. The lowest BCUT2D eigenvalue weighted by atomic mass is 10.0. The van der Waals surface area contributed by atoms with Crippen LogP contribution >= 0.6 is 11.8 Å². The number of carbonyl (C=O) groups excluding carboxylic acids is 1. The highest BCUT2D eigenvalue weighted by molar-refractivity contribution is 7.98. The summed E-state index contributed by atoms with van der Waals surface area (Å²) < 4.78 is 25.8. The molecule has 2 aromatic rings. The third kappa shape index (κ3) is 6.87. The Morgan fingerprint density at radius 3 is 2.50 bits per heavy atom. The van der Waals surface area contributed by atoms with E-state index in [1.54, 1.807) is 17.8 Å². The number of hydrogen-bond donors (Lipinski definition) is 1. The Balaban J connectivity index is 1.87. The van der Waals surface area contributed by atoms with Gasteiger partial charge in [-0.2, -0.15) is 0 Å². The summed E-state index contributed by atoms with van der Waals surface area (Å²) in [5.74, 6) is 0.168. The topological polar surface area (TPSA) is 66.5 Å². The van der Waals surface area contributed by atoms with E-state index >= 15 is 0 Å². The summed E-state index contributed by atoms with van der Waals surface area (Å²) in [4.78, 5) is 13.2. The smallest absolute Gasteiger partial charge is 0.232 e. The van der Waals surface area contributed by atoms with Gasteiger partial charge in [-0.25, -0.2) is 8.42 Å². The van der Waals surface area contributed by atoms with E-state index in [4.69, 9.17) is 0 Å². The molecule has 1 unspecified atom stereocenters. The van der Waals surface area contributed by atoms with E-state index in [0.29, 0.717) is 18.7 Å². The number of amides is 1. The lowest BCUT2D eigenvalue weighted by molar-refractivity contribution is -0.121. The maximum absolute atomic E-state index is 12.2. The molecule has 0 aromatic heterocycles. The first-order chi connectivity index (χ1) is 13.3. The van der Waals surface area contributed by atoms with Gasteiger partial charge in [-0.1, -0.05) is 43.3 Å². The SMILES string of the molecule is CSc1cccc(N(CCCC(=O)NCC(C)c2ccccc2)S(C)(=O)=O)c1. The van der Waals surface area contributed by atoms with E-state index in [1.807, 2.05) is 54.8 Å². The van der Waals surface area contributed by atoms with Crippen LogP contribution in [0.4, 0.5) is 5.69 Å². The molecule has 1 atom stereocenters. The zero-order chi connectivity index (χ0) is 20.6. The number of hydrogen-bond acceptors (Lipinski definition) is 4. The predicted octanol–water partition coefficient (Wildman–Crippen LogP) is 3.87. The third-order valence-electron chi connectivity index (χ3n) is 4.48. The van der Waals surface area contributed by atoms with Crippen molar-refractivity contribution in [1.82, 2.24) is 5.32 Å². The summed E-state index contributed by atoms with van der Waals surface area (Å²) in [5, 5.41) is 2.94. The van der Waals surface area contributed by atoms with E-state index in [2.05, 4.69) is 12.2 Å². The molecule has 0 saturated heterocycles. The average Bonchev–Trinajstić information content (AvgIpc) is 2.69. The van der Waals surface area contributed by atoms with E-state index in [9.17, 15) is 13.2 Å². The molecule has 2 rings (SSSR count). The molecule has 0 saturated carbocycles. The molecule has 5 nitrogen and oxygen atoms in total.